The molecule has 0 spiro atoms. The summed E-state index contributed by atoms with van der Waals surface area (Å²) in [5, 5.41) is 6.57. The van der Waals surface area contributed by atoms with Gasteiger partial charge in [0.25, 0.3) is 0 Å². The van der Waals surface area contributed by atoms with Crippen molar-refractivity contribution in [2.75, 3.05) is 0 Å². The van der Waals surface area contributed by atoms with Gasteiger partial charge in [-0.05, 0) is 68.4 Å². The van der Waals surface area contributed by atoms with Gasteiger partial charge in [0.05, 0.1) is 2.88 Å². The topological polar surface area (TPSA) is 0 Å². The van der Waals surface area contributed by atoms with E-state index in [1.54, 1.807) is 22.7 Å². The van der Waals surface area contributed by atoms with Gasteiger partial charge in [-0.3, -0.25) is 0 Å². The van der Waals surface area contributed by atoms with Crippen molar-refractivity contribution in [2.24, 2.45) is 0 Å². The minimum atomic E-state index is 0.455. The van der Waals surface area contributed by atoms with Crippen LogP contribution >= 0.6 is 61.2 Å². The van der Waals surface area contributed by atoms with E-state index in [1.807, 2.05) is 0 Å². The molecule has 2 rings (SSSR count). The lowest BCUT2D eigenvalue weighted by molar-refractivity contribution is 0.960. The number of thiophene rings is 2. The van der Waals surface area contributed by atoms with Gasteiger partial charge in [0, 0.05) is 4.83 Å². The van der Waals surface area contributed by atoms with Crippen molar-refractivity contribution in [3.63, 3.8) is 0 Å². The molecule has 0 nitrogen and oxygen atoms in total. The molecule has 2 aromatic rings. The number of hydrogen-bond donors (Lipinski definition) is 0. The molecule has 1 atom stereocenters. The van der Waals surface area contributed by atoms with E-state index in [0.29, 0.717) is 4.83 Å². The highest BCUT2D eigenvalue weighted by molar-refractivity contribution is 14.1. The highest BCUT2D eigenvalue weighted by Gasteiger charge is 2.10. The van der Waals surface area contributed by atoms with Gasteiger partial charge >= 0.3 is 0 Å². The minimum Gasteiger partial charge on any atom is -0.152 e. The van der Waals surface area contributed by atoms with Crippen molar-refractivity contribution in [3.8, 4) is 0 Å². The van der Waals surface area contributed by atoms with Crippen molar-refractivity contribution >= 4 is 61.2 Å². The van der Waals surface area contributed by atoms with Crippen molar-refractivity contribution < 1.29 is 0 Å². The summed E-state index contributed by atoms with van der Waals surface area (Å²) < 4.78 is 1.35. The summed E-state index contributed by atoms with van der Waals surface area (Å²) in [6, 6.07) is 4.44. The molecule has 2 heterocycles. The fourth-order valence-corrected chi connectivity index (χ4v) is 4.14. The summed E-state index contributed by atoms with van der Waals surface area (Å²) in [6.45, 7) is 0. The van der Waals surface area contributed by atoms with Crippen LogP contribution in [0.25, 0.3) is 0 Å². The SMILES string of the molecule is BrC(Cc1ccsc1)c1csc(I)c1. The van der Waals surface area contributed by atoms with Gasteiger partial charge in [-0.25, -0.2) is 0 Å². The molecule has 0 aromatic carbocycles. The van der Waals surface area contributed by atoms with Crippen molar-refractivity contribution in [2.45, 2.75) is 11.2 Å². The zero-order valence-electron chi connectivity index (χ0n) is 7.24. The number of hydrogen-bond acceptors (Lipinski definition) is 2. The number of rotatable bonds is 3. The van der Waals surface area contributed by atoms with Gasteiger partial charge in [0.15, 0.2) is 0 Å². The highest BCUT2D eigenvalue weighted by atomic mass is 127. The molecule has 0 amide bonds. The van der Waals surface area contributed by atoms with Crippen molar-refractivity contribution in [3.05, 3.63) is 42.3 Å². The third-order valence-electron chi connectivity index (χ3n) is 1.94. The second-order valence-corrected chi connectivity index (χ2v) is 7.68. The lowest BCUT2D eigenvalue weighted by Crippen LogP contribution is -1.91. The summed E-state index contributed by atoms with van der Waals surface area (Å²) in [6.07, 6.45) is 1.08. The summed E-state index contributed by atoms with van der Waals surface area (Å²) in [4.78, 5) is 0.455. The summed E-state index contributed by atoms with van der Waals surface area (Å²) >= 11 is 9.66. The third kappa shape index (κ3) is 2.81. The molecule has 0 saturated heterocycles. The first-order chi connectivity index (χ1) is 6.75. The molecule has 2 aromatic heterocycles. The van der Waals surface area contributed by atoms with Crippen LogP contribution in [0.2, 0.25) is 0 Å². The molecule has 4 heteroatoms. The second-order valence-electron chi connectivity index (χ2n) is 2.99. The average molecular weight is 399 g/mol. The van der Waals surface area contributed by atoms with Crippen LogP contribution in [-0.4, -0.2) is 0 Å². The monoisotopic (exact) mass is 398 g/mol. The second kappa shape index (κ2) is 5.09. The average Bonchev–Trinajstić information content (AvgIpc) is 2.75. The molecule has 0 aliphatic carbocycles. The maximum atomic E-state index is 3.73. The summed E-state index contributed by atoms with van der Waals surface area (Å²) in [5.74, 6) is 0. The van der Waals surface area contributed by atoms with Gasteiger partial charge in [0.2, 0.25) is 0 Å². The molecule has 0 fully saturated rings. The summed E-state index contributed by atoms with van der Waals surface area (Å²) in [5.41, 5.74) is 2.81. The Morgan fingerprint density at radius 1 is 1.43 bits per heavy atom. The zero-order valence-corrected chi connectivity index (χ0v) is 12.6. The quantitative estimate of drug-likeness (QED) is 0.498. The van der Waals surface area contributed by atoms with Gasteiger partial charge < -0.3 is 0 Å². The van der Waals surface area contributed by atoms with E-state index in [9.17, 15) is 0 Å². The van der Waals surface area contributed by atoms with E-state index in [-0.39, 0.29) is 0 Å². The molecule has 0 N–H and O–H groups in total. The first-order valence-electron chi connectivity index (χ1n) is 4.15. The van der Waals surface area contributed by atoms with Crippen LogP contribution in [-0.2, 0) is 6.42 Å². The zero-order chi connectivity index (χ0) is 9.97. The Balaban J connectivity index is 2.06. The van der Waals surface area contributed by atoms with E-state index >= 15 is 0 Å². The fourth-order valence-electron chi connectivity index (χ4n) is 1.22. The predicted molar refractivity (Wildman–Crippen MR) is 76.7 cm³/mol. The van der Waals surface area contributed by atoms with Crippen LogP contribution in [0, 0.1) is 2.88 Å². The largest absolute Gasteiger partial charge is 0.152 e. The number of alkyl halides is 1. The predicted octanol–water partition coefficient (Wildman–Crippen LogP) is 5.09. The van der Waals surface area contributed by atoms with Gasteiger partial charge in [-0.2, -0.15) is 11.3 Å². The Kier molecular flexibility index (Phi) is 4.04. The smallest absolute Gasteiger partial charge is 0.0656 e. The van der Waals surface area contributed by atoms with Gasteiger partial charge in [-0.15, -0.1) is 11.3 Å². The van der Waals surface area contributed by atoms with Crippen LogP contribution in [0.3, 0.4) is 0 Å². The first-order valence-corrected chi connectivity index (χ1v) is 7.96. The van der Waals surface area contributed by atoms with E-state index < -0.39 is 0 Å². The molecule has 0 saturated carbocycles. The number of halogens is 2. The molecule has 0 aliphatic rings. The highest BCUT2D eigenvalue weighted by Crippen LogP contribution is 2.31. The Morgan fingerprint density at radius 3 is 2.86 bits per heavy atom. The molecule has 14 heavy (non-hydrogen) atoms. The Morgan fingerprint density at radius 2 is 2.29 bits per heavy atom. The molecular formula is C10H8BrIS2. The first kappa shape index (κ1) is 11.1. The fraction of sp³-hybridized carbons (Fsp3) is 0.200. The van der Waals surface area contributed by atoms with Gasteiger partial charge in [0.1, 0.15) is 0 Å². The molecule has 0 radical (unpaired) electrons. The minimum absolute atomic E-state index is 0.455. The van der Waals surface area contributed by atoms with Crippen LogP contribution in [0.15, 0.2) is 28.3 Å². The molecule has 0 aliphatic heterocycles. The lowest BCUT2D eigenvalue weighted by Gasteiger charge is -2.05. The maximum Gasteiger partial charge on any atom is 0.0656 e. The van der Waals surface area contributed by atoms with E-state index in [4.69, 9.17) is 0 Å². The standard InChI is InChI=1S/C10H8BrIS2/c11-9(3-7-1-2-13-5-7)8-4-10(12)14-6-8/h1-2,4-6,9H,3H2. The van der Waals surface area contributed by atoms with Crippen LogP contribution in [0.4, 0.5) is 0 Å². The third-order valence-corrected chi connectivity index (χ3v) is 5.34. The molecule has 1 unspecified atom stereocenters. The molecule has 0 bridgehead atoms. The maximum absolute atomic E-state index is 3.73. The van der Waals surface area contributed by atoms with Crippen LogP contribution < -0.4 is 0 Å². The van der Waals surface area contributed by atoms with E-state index in [2.05, 4.69) is 66.8 Å². The lowest BCUT2D eigenvalue weighted by atomic mass is 10.1. The van der Waals surface area contributed by atoms with Gasteiger partial charge in [-0.1, -0.05) is 15.9 Å². The summed E-state index contributed by atoms with van der Waals surface area (Å²) in [7, 11) is 0. The van der Waals surface area contributed by atoms with Crippen LogP contribution in [0.5, 0.6) is 0 Å². The van der Waals surface area contributed by atoms with Crippen molar-refractivity contribution in [1.29, 1.82) is 0 Å². The van der Waals surface area contributed by atoms with Crippen molar-refractivity contribution in [1.82, 2.24) is 0 Å². The van der Waals surface area contributed by atoms with E-state index in [0.717, 1.165) is 6.42 Å². The molecule has 74 valence electrons. The normalized spacial score (nSPS) is 13.0. The molecular weight excluding hydrogens is 391 g/mol. The Bertz CT molecular complexity index is 394. The van der Waals surface area contributed by atoms with Crippen LogP contribution in [0.1, 0.15) is 16.0 Å². The Hall–Kier alpha value is 0.610. The Labute approximate surface area is 114 Å². The van der Waals surface area contributed by atoms with E-state index in [1.165, 1.54) is 14.0 Å².